The highest BCUT2D eigenvalue weighted by Gasteiger charge is 2.30. The van der Waals surface area contributed by atoms with Crippen molar-refractivity contribution in [2.45, 2.75) is 6.18 Å². The van der Waals surface area contributed by atoms with Crippen LogP contribution >= 0.6 is 0 Å². The Hall–Kier alpha value is -1.77. The Morgan fingerprint density at radius 3 is 2.38 bits per heavy atom. The van der Waals surface area contributed by atoms with Gasteiger partial charge < -0.3 is 0 Å². The topological polar surface area (TPSA) is 0 Å². The van der Waals surface area contributed by atoms with Crippen LogP contribution < -0.4 is 0 Å². The molecule has 0 saturated heterocycles. The Balaban J connectivity index is 2.45. The van der Waals surface area contributed by atoms with Gasteiger partial charge in [-0.05, 0) is 29.3 Å². The minimum atomic E-state index is -4.30. The van der Waals surface area contributed by atoms with Crippen molar-refractivity contribution in [2.75, 3.05) is 0 Å². The highest BCUT2D eigenvalue weighted by molar-refractivity contribution is 5.63. The number of benzene rings is 2. The molecule has 2 rings (SSSR count). The van der Waals surface area contributed by atoms with Gasteiger partial charge in [0.25, 0.3) is 0 Å². The van der Waals surface area contributed by atoms with E-state index in [1.807, 2.05) is 0 Å². The summed E-state index contributed by atoms with van der Waals surface area (Å²) in [4.78, 5) is 0. The third kappa shape index (κ3) is 2.24. The molecule has 0 amide bonds. The first-order valence-electron chi connectivity index (χ1n) is 4.72. The molecule has 0 aromatic heterocycles. The second kappa shape index (κ2) is 4.00. The maximum atomic E-state index is 12.5. The Morgan fingerprint density at radius 2 is 1.75 bits per heavy atom. The Bertz CT molecular complexity index is 472. The van der Waals surface area contributed by atoms with E-state index in [1.165, 1.54) is 6.07 Å². The number of alkyl halides is 3. The molecular weight excluding hydrogens is 213 g/mol. The molecule has 16 heavy (non-hydrogen) atoms. The van der Waals surface area contributed by atoms with Crippen LogP contribution in [0.1, 0.15) is 5.56 Å². The van der Waals surface area contributed by atoms with Crippen molar-refractivity contribution in [1.29, 1.82) is 0 Å². The van der Waals surface area contributed by atoms with E-state index in [0.717, 1.165) is 12.1 Å². The molecule has 0 atom stereocenters. The molecule has 0 nitrogen and oxygen atoms in total. The third-order valence-corrected chi connectivity index (χ3v) is 2.21. The van der Waals surface area contributed by atoms with Gasteiger partial charge >= 0.3 is 6.18 Å². The summed E-state index contributed by atoms with van der Waals surface area (Å²) in [6, 6.07) is 15.1. The Labute approximate surface area is 91.4 Å². The van der Waals surface area contributed by atoms with Gasteiger partial charge in [-0.2, -0.15) is 13.2 Å². The van der Waals surface area contributed by atoms with Gasteiger partial charge in [0, 0.05) is 0 Å². The van der Waals surface area contributed by atoms with Crippen LogP contribution in [0, 0.1) is 6.07 Å². The van der Waals surface area contributed by atoms with Crippen LogP contribution in [0.4, 0.5) is 13.2 Å². The van der Waals surface area contributed by atoms with Crippen LogP contribution in [0.25, 0.3) is 11.1 Å². The summed E-state index contributed by atoms with van der Waals surface area (Å²) in [7, 11) is 0. The molecule has 0 saturated carbocycles. The van der Waals surface area contributed by atoms with E-state index in [-0.39, 0.29) is 0 Å². The third-order valence-electron chi connectivity index (χ3n) is 2.21. The van der Waals surface area contributed by atoms with E-state index in [2.05, 4.69) is 6.07 Å². The normalized spacial score (nSPS) is 11.4. The van der Waals surface area contributed by atoms with Crippen LogP contribution in [-0.4, -0.2) is 0 Å². The van der Waals surface area contributed by atoms with Crippen molar-refractivity contribution in [3.8, 4) is 11.1 Å². The van der Waals surface area contributed by atoms with Gasteiger partial charge in [-0.15, -0.1) is 0 Å². The van der Waals surface area contributed by atoms with E-state index >= 15 is 0 Å². The molecule has 81 valence electrons. The lowest BCUT2D eigenvalue weighted by molar-refractivity contribution is -0.137. The summed E-state index contributed by atoms with van der Waals surface area (Å²) in [5.41, 5.74) is 0.547. The Morgan fingerprint density at radius 1 is 0.938 bits per heavy atom. The van der Waals surface area contributed by atoms with Gasteiger partial charge in [-0.3, -0.25) is 0 Å². The molecule has 0 spiro atoms. The molecule has 0 bridgehead atoms. The van der Waals surface area contributed by atoms with Crippen LogP contribution in [0.3, 0.4) is 0 Å². The largest absolute Gasteiger partial charge is 0.416 e. The van der Waals surface area contributed by atoms with Crippen LogP contribution in [0.2, 0.25) is 0 Å². The number of halogens is 3. The van der Waals surface area contributed by atoms with E-state index in [1.54, 1.807) is 30.3 Å². The fourth-order valence-electron chi connectivity index (χ4n) is 1.44. The minimum Gasteiger partial charge on any atom is -0.166 e. The van der Waals surface area contributed by atoms with Gasteiger partial charge in [-0.1, -0.05) is 36.4 Å². The summed E-state index contributed by atoms with van der Waals surface area (Å²) in [6.45, 7) is 0. The zero-order valence-corrected chi connectivity index (χ0v) is 8.25. The lowest BCUT2D eigenvalue weighted by atomic mass is 10.0. The molecule has 2 aromatic rings. The van der Waals surface area contributed by atoms with Gasteiger partial charge in [0.15, 0.2) is 0 Å². The van der Waals surface area contributed by atoms with Crippen LogP contribution in [0.5, 0.6) is 0 Å². The molecule has 3 heteroatoms. The highest BCUT2D eigenvalue weighted by atomic mass is 19.4. The SMILES string of the molecule is FC(F)(F)c1cccc(-c2[c]cccc2)c1. The summed E-state index contributed by atoms with van der Waals surface area (Å²) in [5, 5.41) is 0. The first-order valence-corrected chi connectivity index (χ1v) is 4.72. The maximum absolute atomic E-state index is 12.5. The highest BCUT2D eigenvalue weighted by Crippen LogP contribution is 2.31. The zero-order chi connectivity index (χ0) is 11.6. The summed E-state index contributed by atoms with van der Waals surface area (Å²) in [5.74, 6) is 0. The number of hydrogen-bond donors (Lipinski definition) is 0. The van der Waals surface area contributed by atoms with E-state index in [0.29, 0.717) is 11.1 Å². The maximum Gasteiger partial charge on any atom is 0.416 e. The number of hydrogen-bond acceptors (Lipinski definition) is 0. The fourth-order valence-corrected chi connectivity index (χ4v) is 1.44. The lowest BCUT2D eigenvalue weighted by Crippen LogP contribution is -2.04. The van der Waals surface area contributed by atoms with E-state index < -0.39 is 11.7 Å². The van der Waals surface area contributed by atoms with Gasteiger partial charge in [-0.25, -0.2) is 0 Å². The fraction of sp³-hybridized carbons (Fsp3) is 0.0769. The van der Waals surface area contributed by atoms with Gasteiger partial charge in [0.05, 0.1) is 5.56 Å². The molecule has 0 unspecified atom stereocenters. The summed E-state index contributed by atoms with van der Waals surface area (Å²) >= 11 is 0. The standard InChI is InChI=1S/C13H8F3/c14-13(15,16)12-8-4-7-11(9-12)10-5-2-1-3-6-10/h1-5,7-9H. The van der Waals surface area contributed by atoms with Crippen molar-refractivity contribution in [1.82, 2.24) is 0 Å². The van der Waals surface area contributed by atoms with E-state index in [9.17, 15) is 13.2 Å². The lowest BCUT2D eigenvalue weighted by Gasteiger charge is -2.08. The molecular formula is C13H8F3. The van der Waals surface area contributed by atoms with Gasteiger partial charge in [0.2, 0.25) is 0 Å². The van der Waals surface area contributed by atoms with Gasteiger partial charge in [0.1, 0.15) is 0 Å². The molecule has 0 aliphatic carbocycles. The Kier molecular flexibility index (Phi) is 2.69. The first-order chi connectivity index (χ1) is 7.57. The van der Waals surface area contributed by atoms with Crippen molar-refractivity contribution >= 4 is 0 Å². The number of rotatable bonds is 1. The van der Waals surface area contributed by atoms with Crippen LogP contribution in [-0.2, 0) is 6.18 Å². The monoisotopic (exact) mass is 221 g/mol. The van der Waals surface area contributed by atoms with Crippen molar-refractivity contribution in [3.63, 3.8) is 0 Å². The molecule has 0 fully saturated rings. The van der Waals surface area contributed by atoms with Crippen molar-refractivity contribution < 1.29 is 13.2 Å². The smallest absolute Gasteiger partial charge is 0.166 e. The molecule has 0 heterocycles. The quantitative estimate of drug-likeness (QED) is 0.677. The molecule has 0 N–H and O–H groups in total. The second-order valence-corrected chi connectivity index (χ2v) is 3.35. The molecule has 1 radical (unpaired) electrons. The molecule has 2 aromatic carbocycles. The summed E-state index contributed by atoms with van der Waals surface area (Å²) < 4.78 is 37.4. The molecule has 0 aliphatic rings. The average molecular weight is 221 g/mol. The predicted molar refractivity (Wildman–Crippen MR) is 55.7 cm³/mol. The minimum absolute atomic E-state index is 0.524. The first kappa shape index (κ1) is 10.7. The second-order valence-electron chi connectivity index (χ2n) is 3.35. The average Bonchev–Trinajstić information content (AvgIpc) is 2.29. The van der Waals surface area contributed by atoms with Crippen molar-refractivity contribution in [3.05, 3.63) is 60.2 Å². The van der Waals surface area contributed by atoms with Crippen LogP contribution in [0.15, 0.2) is 48.5 Å². The summed E-state index contributed by atoms with van der Waals surface area (Å²) in [6.07, 6.45) is -4.30. The molecule has 0 aliphatic heterocycles. The zero-order valence-electron chi connectivity index (χ0n) is 8.25. The van der Waals surface area contributed by atoms with Crippen molar-refractivity contribution in [2.24, 2.45) is 0 Å². The van der Waals surface area contributed by atoms with E-state index in [4.69, 9.17) is 0 Å². The predicted octanol–water partition coefficient (Wildman–Crippen LogP) is 4.17.